The van der Waals surface area contributed by atoms with Crippen LogP contribution < -0.4 is 15.4 Å². The van der Waals surface area contributed by atoms with Crippen molar-refractivity contribution in [3.8, 4) is 5.75 Å². The number of hydrogen-bond acceptors (Lipinski definition) is 3. The SMILES string of the molecule is Cc1cccc(NC(=O)N2CCC3(CC2)C[C@H](CC(=O)NC(C)C)c2ccccc2O3)c1. The van der Waals surface area contributed by atoms with Crippen molar-refractivity contribution in [1.29, 1.82) is 0 Å². The van der Waals surface area contributed by atoms with Gasteiger partial charge in [0.25, 0.3) is 0 Å². The lowest BCUT2D eigenvalue weighted by Gasteiger charge is -2.46. The zero-order valence-corrected chi connectivity index (χ0v) is 19.2. The standard InChI is InChI=1S/C26H33N3O3/c1-18(2)27-24(30)16-20-17-26(32-23-10-5-4-9-22(20)23)11-13-29(14-12-26)25(31)28-21-8-6-7-19(3)15-21/h4-10,15,18,20H,11-14,16-17H2,1-3H3,(H,27,30)(H,28,31)/t20-/m0/s1. The first kappa shape index (κ1) is 22.2. The lowest BCUT2D eigenvalue weighted by Crippen LogP contribution is -2.52. The van der Waals surface area contributed by atoms with Crippen molar-refractivity contribution < 1.29 is 14.3 Å². The molecule has 0 unspecified atom stereocenters. The average Bonchev–Trinajstić information content (AvgIpc) is 2.73. The predicted octanol–water partition coefficient (Wildman–Crippen LogP) is 4.84. The number of para-hydroxylation sites is 1. The van der Waals surface area contributed by atoms with Crippen molar-refractivity contribution in [2.24, 2.45) is 0 Å². The van der Waals surface area contributed by atoms with Crippen LogP contribution in [0.4, 0.5) is 10.5 Å². The maximum Gasteiger partial charge on any atom is 0.321 e. The lowest BCUT2D eigenvalue weighted by molar-refractivity contribution is -0.122. The van der Waals surface area contributed by atoms with Gasteiger partial charge in [-0.2, -0.15) is 0 Å². The van der Waals surface area contributed by atoms with Crippen molar-refractivity contribution in [2.75, 3.05) is 18.4 Å². The van der Waals surface area contributed by atoms with Gasteiger partial charge in [-0.05, 0) is 56.5 Å². The topological polar surface area (TPSA) is 70.7 Å². The van der Waals surface area contributed by atoms with Gasteiger partial charge in [0, 0.05) is 50.0 Å². The minimum absolute atomic E-state index is 0.0745. The molecule has 32 heavy (non-hydrogen) atoms. The van der Waals surface area contributed by atoms with Crippen LogP contribution >= 0.6 is 0 Å². The van der Waals surface area contributed by atoms with Gasteiger partial charge >= 0.3 is 6.03 Å². The number of piperidine rings is 1. The van der Waals surface area contributed by atoms with Crippen LogP contribution in [-0.4, -0.2) is 41.6 Å². The molecule has 3 amide bonds. The molecule has 0 aliphatic carbocycles. The monoisotopic (exact) mass is 435 g/mol. The summed E-state index contributed by atoms with van der Waals surface area (Å²) in [5.41, 5.74) is 2.70. The third-order valence-corrected chi connectivity index (χ3v) is 6.42. The number of benzene rings is 2. The summed E-state index contributed by atoms with van der Waals surface area (Å²) in [7, 11) is 0. The zero-order chi connectivity index (χ0) is 22.7. The molecule has 6 heteroatoms. The van der Waals surface area contributed by atoms with Gasteiger partial charge in [-0.15, -0.1) is 0 Å². The van der Waals surface area contributed by atoms with Crippen LogP contribution in [0.15, 0.2) is 48.5 Å². The van der Waals surface area contributed by atoms with Gasteiger partial charge < -0.3 is 20.3 Å². The quantitative estimate of drug-likeness (QED) is 0.722. The van der Waals surface area contributed by atoms with E-state index in [2.05, 4.69) is 16.7 Å². The van der Waals surface area contributed by atoms with Crippen molar-refractivity contribution in [2.45, 2.75) is 64.0 Å². The molecule has 1 atom stereocenters. The van der Waals surface area contributed by atoms with Gasteiger partial charge in [0.1, 0.15) is 11.4 Å². The van der Waals surface area contributed by atoms with Gasteiger partial charge in [0.05, 0.1) is 0 Å². The van der Waals surface area contributed by atoms with Crippen LogP contribution in [0.2, 0.25) is 0 Å². The summed E-state index contributed by atoms with van der Waals surface area (Å²) in [4.78, 5) is 27.2. The van der Waals surface area contributed by atoms with Crippen LogP contribution in [0.3, 0.4) is 0 Å². The van der Waals surface area contributed by atoms with Crippen LogP contribution in [-0.2, 0) is 4.79 Å². The van der Waals surface area contributed by atoms with E-state index in [1.54, 1.807) is 0 Å². The van der Waals surface area contributed by atoms with Gasteiger partial charge in [0.15, 0.2) is 0 Å². The summed E-state index contributed by atoms with van der Waals surface area (Å²) < 4.78 is 6.53. The lowest BCUT2D eigenvalue weighted by atomic mass is 9.76. The number of rotatable bonds is 4. The molecule has 0 radical (unpaired) electrons. The number of likely N-dealkylation sites (tertiary alicyclic amines) is 1. The summed E-state index contributed by atoms with van der Waals surface area (Å²) in [6.45, 7) is 7.23. The molecule has 0 aromatic heterocycles. The van der Waals surface area contributed by atoms with E-state index in [4.69, 9.17) is 4.74 Å². The molecule has 1 saturated heterocycles. The highest BCUT2D eigenvalue weighted by atomic mass is 16.5. The molecule has 2 aliphatic rings. The maximum absolute atomic E-state index is 12.8. The molecular weight excluding hydrogens is 402 g/mol. The van der Waals surface area contributed by atoms with Crippen LogP contribution in [0.25, 0.3) is 0 Å². The predicted molar refractivity (Wildman–Crippen MR) is 126 cm³/mol. The fraction of sp³-hybridized carbons (Fsp3) is 0.462. The summed E-state index contributed by atoms with van der Waals surface area (Å²) in [6.07, 6.45) is 2.76. The number of hydrogen-bond donors (Lipinski definition) is 2. The van der Waals surface area contributed by atoms with Gasteiger partial charge in [-0.25, -0.2) is 4.79 Å². The Balaban J connectivity index is 1.43. The maximum atomic E-state index is 12.8. The van der Waals surface area contributed by atoms with E-state index in [0.717, 1.165) is 41.8 Å². The molecule has 1 fully saturated rings. The molecule has 4 rings (SSSR count). The van der Waals surface area contributed by atoms with E-state index in [-0.39, 0.29) is 29.5 Å². The molecule has 0 saturated carbocycles. The Morgan fingerprint density at radius 3 is 2.59 bits per heavy atom. The number of ether oxygens (including phenoxy) is 1. The molecule has 2 aromatic carbocycles. The minimum Gasteiger partial charge on any atom is -0.487 e. The number of aryl methyl sites for hydroxylation is 1. The summed E-state index contributed by atoms with van der Waals surface area (Å²) in [6, 6.07) is 15.9. The molecule has 0 bridgehead atoms. The fourth-order valence-electron chi connectivity index (χ4n) is 4.88. The smallest absolute Gasteiger partial charge is 0.321 e. The van der Waals surface area contributed by atoms with Gasteiger partial charge in [0.2, 0.25) is 5.91 Å². The molecule has 2 aromatic rings. The van der Waals surface area contributed by atoms with Crippen LogP contribution in [0.5, 0.6) is 5.75 Å². The highest BCUT2D eigenvalue weighted by Gasteiger charge is 2.44. The summed E-state index contributed by atoms with van der Waals surface area (Å²) >= 11 is 0. The van der Waals surface area contributed by atoms with Crippen molar-refractivity contribution in [3.63, 3.8) is 0 Å². The average molecular weight is 436 g/mol. The molecule has 6 nitrogen and oxygen atoms in total. The number of amides is 3. The second-order valence-electron chi connectivity index (χ2n) is 9.44. The first-order chi connectivity index (χ1) is 15.3. The van der Waals surface area contributed by atoms with E-state index >= 15 is 0 Å². The third kappa shape index (κ3) is 5.06. The Hall–Kier alpha value is -3.02. The minimum atomic E-state index is -0.336. The van der Waals surface area contributed by atoms with E-state index in [1.165, 1.54) is 0 Å². The normalized spacial score (nSPS) is 19.2. The molecule has 2 aliphatic heterocycles. The second kappa shape index (κ2) is 9.23. The van der Waals surface area contributed by atoms with E-state index in [1.807, 2.05) is 68.1 Å². The Labute approximate surface area is 190 Å². The second-order valence-corrected chi connectivity index (χ2v) is 9.44. The molecule has 2 heterocycles. The first-order valence-corrected chi connectivity index (χ1v) is 11.5. The number of urea groups is 1. The molecular formula is C26H33N3O3. The highest BCUT2D eigenvalue weighted by Crippen LogP contribution is 2.46. The van der Waals surface area contributed by atoms with Crippen molar-refractivity contribution in [3.05, 3.63) is 59.7 Å². The number of nitrogens with one attached hydrogen (secondary N) is 2. The van der Waals surface area contributed by atoms with Gasteiger partial charge in [-0.1, -0.05) is 30.3 Å². The highest BCUT2D eigenvalue weighted by molar-refractivity contribution is 5.89. The van der Waals surface area contributed by atoms with Gasteiger partial charge in [-0.3, -0.25) is 4.79 Å². The first-order valence-electron chi connectivity index (χ1n) is 11.5. The fourth-order valence-corrected chi connectivity index (χ4v) is 4.88. The van der Waals surface area contributed by atoms with Crippen molar-refractivity contribution >= 4 is 17.6 Å². The van der Waals surface area contributed by atoms with E-state index in [9.17, 15) is 9.59 Å². The van der Waals surface area contributed by atoms with Crippen molar-refractivity contribution in [1.82, 2.24) is 10.2 Å². The number of carbonyl (C=O) groups excluding carboxylic acids is 2. The van der Waals surface area contributed by atoms with E-state index in [0.29, 0.717) is 19.5 Å². The Kier molecular flexibility index (Phi) is 6.40. The summed E-state index contributed by atoms with van der Waals surface area (Å²) in [5.74, 6) is 1.07. The van der Waals surface area contributed by atoms with Crippen LogP contribution in [0, 0.1) is 6.92 Å². The largest absolute Gasteiger partial charge is 0.487 e. The number of fused-ring (bicyclic) bond motifs is 1. The Morgan fingerprint density at radius 1 is 1.12 bits per heavy atom. The number of anilines is 1. The number of carbonyl (C=O) groups is 2. The molecule has 1 spiro atoms. The van der Waals surface area contributed by atoms with Crippen LogP contribution in [0.1, 0.15) is 56.6 Å². The Bertz CT molecular complexity index is 980. The zero-order valence-electron chi connectivity index (χ0n) is 19.2. The number of nitrogens with zero attached hydrogens (tertiary/aromatic N) is 1. The molecule has 2 N–H and O–H groups in total. The molecule has 170 valence electrons. The third-order valence-electron chi connectivity index (χ3n) is 6.42. The van der Waals surface area contributed by atoms with E-state index < -0.39 is 0 Å². The Morgan fingerprint density at radius 2 is 1.88 bits per heavy atom. The summed E-state index contributed by atoms with van der Waals surface area (Å²) in [5, 5.41) is 6.03.